The molecular weight excluding hydrogens is 188 g/mol. The Morgan fingerprint density at radius 1 is 1.47 bits per heavy atom. The number of hydrogen-bond donors (Lipinski definition) is 2. The van der Waals surface area contributed by atoms with Crippen LogP contribution in [-0.4, -0.2) is 48.8 Å². The minimum Gasteiger partial charge on any atom is -0.395 e. The van der Waals surface area contributed by atoms with Gasteiger partial charge in [-0.05, 0) is 32.2 Å². The monoisotopic (exact) mass is 214 g/mol. The minimum absolute atomic E-state index is 0.256. The van der Waals surface area contributed by atoms with Crippen LogP contribution in [0.25, 0.3) is 0 Å². The van der Waals surface area contributed by atoms with Gasteiger partial charge in [-0.3, -0.25) is 4.90 Å². The zero-order valence-corrected chi connectivity index (χ0v) is 10.6. The molecule has 15 heavy (non-hydrogen) atoms. The number of nitrogens with zero attached hydrogens (tertiary/aromatic N) is 1. The van der Waals surface area contributed by atoms with Crippen molar-refractivity contribution in [3.05, 3.63) is 0 Å². The Kier molecular flexibility index (Phi) is 4.56. The van der Waals surface area contributed by atoms with Gasteiger partial charge in [-0.1, -0.05) is 13.8 Å². The van der Waals surface area contributed by atoms with Gasteiger partial charge in [0.15, 0.2) is 0 Å². The molecule has 90 valence electrons. The second kappa shape index (κ2) is 5.28. The quantitative estimate of drug-likeness (QED) is 0.665. The molecule has 1 atom stereocenters. The molecule has 1 fully saturated rings. The minimum atomic E-state index is 0.256. The highest BCUT2D eigenvalue weighted by atomic mass is 16.3. The van der Waals surface area contributed by atoms with Crippen LogP contribution >= 0.6 is 0 Å². The standard InChI is InChI=1S/C12H26N2O/c1-10(13-4)12(2,3)9-14(7-8-15)11-5-6-11/h10-11,13,15H,5-9H2,1-4H3. The van der Waals surface area contributed by atoms with Gasteiger partial charge in [0.2, 0.25) is 0 Å². The molecule has 0 radical (unpaired) electrons. The number of hydrogen-bond acceptors (Lipinski definition) is 3. The topological polar surface area (TPSA) is 35.5 Å². The molecule has 1 aliphatic carbocycles. The van der Waals surface area contributed by atoms with Crippen molar-refractivity contribution in [1.29, 1.82) is 0 Å². The van der Waals surface area contributed by atoms with Crippen LogP contribution in [0, 0.1) is 5.41 Å². The summed E-state index contributed by atoms with van der Waals surface area (Å²) in [6.45, 7) is 8.98. The van der Waals surface area contributed by atoms with E-state index < -0.39 is 0 Å². The van der Waals surface area contributed by atoms with Crippen molar-refractivity contribution in [2.75, 3.05) is 26.7 Å². The van der Waals surface area contributed by atoms with E-state index >= 15 is 0 Å². The van der Waals surface area contributed by atoms with Crippen molar-refractivity contribution in [2.45, 2.75) is 45.7 Å². The first-order valence-electron chi connectivity index (χ1n) is 6.03. The molecule has 1 aliphatic rings. The third kappa shape index (κ3) is 3.74. The summed E-state index contributed by atoms with van der Waals surface area (Å²) in [5.41, 5.74) is 0.256. The maximum absolute atomic E-state index is 9.05. The maximum Gasteiger partial charge on any atom is 0.0558 e. The molecule has 0 bridgehead atoms. The smallest absolute Gasteiger partial charge is 0.0558 e. The van der Waals surface area contributed by atoms with E-state index in [9.17, 15) is 0 Å². The number of aliphatic hydroxyl groups is 1. The highest BCUT2D eigenvalue weighted by molar-refractivity contribution is 4.90. The summed E-state index contributed by atoms with van der Waals surface area (Å²) in [6.07, 6.45) is 2.62. The number of aliphatic hydroxyl groups excluding tert-OH is 1. The van der Waals surface area contributed by atoms with Gasteiger partial charge >= 0.3 is 0 Å². The number of rotatable bonds is 7. The lowest BCUT2D eigenvalue weighted by atomic mass is 9.85. The average molecular weight is 214 g/mol. The third-order valence-electron chi connectivity index (χ3n) is 3.67. The van der Waals surface area contributed by atoms with E-state index in [4.69, 9.17) is 5.11 Å². The lowest BCUT2D eigenvalue weighted by Gasteiger charge is -2.37. The molecule has 0 amide bonds. The summed E-state index contributed by atoms with van der Waals surface area (Å²) in [7, 11) is 2.01. The molecule has 0 aromatic heterocycles. The molecule has 1 saturated carbocycles. The Hall–Kier alpha value is -0.120. The molecule has 0 saturated heterocycles. The van der Waals surface area contributed by atoms with E-state index in [1.165, 1.54) is 12.8 Å². The zero-order chi connectivity index (χ0) is 11.5. The van der Waals surface area contributed by atoms with Crippen LogP contribution in [0.3, 0.4) is 0 Å². The van der Waals surface area contributed by atoms with Crippen LogP contribution in [0.1, 0.15) is 33.6 Å². The Bertz CT molecular complexity index is 190. The van der Waals surface area contributed by atoms with Gasteiger partial charge in [-0.25, -0.2) is 0 Å². The fourth-order valence-electron chi connectivity index (χ4n) is 2.01. The molecule has 0 aliphatic heterocycles. The van der Waals surface area contributed by atoms with E-state index in [1.807, 2.05) is 7.05 Å². The van der Waals surface area contributed by atoms with Crippen molar-refractivity contribution in [1.82, 2.24) is 10.2 Å². The summed E-state index contributed by atoms with van der Waals surface area (Å²) in [6, 6.07) is 1.23. The predicted octanol–water partition coefficient (Wildman–Crippen LogP) is 1.08. The fourth-order valence-corrected chi connectivity index (χ4v) is 2.01. The second-order valence-corrected chi connectivity index (χ2v) is 5.42. The van der Waals surface area contributed by atoms with Gasteiger partial charge in [0, 0.05) is 25.2 Å². The Balaban J connectivity index is 2.47. The van der Waals surface area contributed by atoms with E-state index in [2.05, 4.69) is 31.0 Å². The first-order valence-corrected chi connectivity index (χ1v) is 6.03. The van der Waals surface area contributed by atoms with E-state index in [0.29, 0.717) is 6.04 Å². The first kappa shape index (κ1) is 12.9. The highest BCUT2D eigenvalue weighted by Gasteiger charge is 2.34. The number of nitrogens with one attached hydrogen (secondary N) is 1. The predicted molar refractivity (Wildman–Crippen MR) is 64.0 cm³/mol. The largest absolute Gasteiger partial charge is 0.395 e. The summed E-state index contributed by atoms with van der Waals surface area (Å²) in [5.74, 6) is 0. The van der Waals surface area contributed by atoms with Crippen LogP contribution in [0.2, 0.25) is 0 Å². The lowest BCUT2D eigenvalue weighted by Crippen LogP contribution is -2.47. The first-order chi connectivity index (χ1) is 7.01. The van der Waals surface area contributed by atoms with Gasteiger partial charge in [-0.15, -0.1) is 0 Å². The van der Waals surface area contributed by atoms with Crippen molar-refractivity contribution < 1.29 is 5.11 Å². The summed E-state index contributed by atoms with van der Waals surface area (Å²) < 4.78 is 0. The van der Waals surface area contributed by atoms with Crippen LogP contribution in [0.5, 0.6) is 0 Å². The van der Waals surface area contributed by atoms with E-state index in [1.54, 1.807) is 0 Å². The van der Waals surface area contributed by atoms with Gasteiger partial charge in [0.1, 0.15) is 0 Å². The normalized spacial score (nSPS) is 19.6. The van der Waals surface area contributed by atoms with Crippen molar-refractivity contribution in [3.63, 3.8) is 0 Å². The third-order valence-corrected chi connectivity index (χ3v) is 3.67. The van der Waals surface area contributed by atoms with Gasteiger partial charge in [0.05, 0.1) is 6.61 Å². The van der Waals surface area contributed by atoms with Crippen LogP contribution in [0.4, 0.5) is 0 Å². The van der Waals surface area contributed by atoms with Gasteiger partial charge in [0.25, 0.3) is 0 Å². The van der Waals surface area contributed by atoms with Crippen LogP contribution in [-0.2, 0) is 0 Å². The average Bonchev–Trinajstić information content (AvgIpc) is 2.98. The molecule has 2 N–H and O–H groups in total. The molecule has 0 aromatic carbocycles. The zero-order valence-electron chi connectivity index (χ0n) is 10.6. The highest BCUT2D eigenvalue weighted by Crippen LogP contribution is 2.31. The van der Waals surface area contributed by atoms with Crippen molar-refractivity contribution in [3.8, 4) is 0 Å². The molecule has 0 spiro atoms. The molecule has 1 unspecified atom stereocenters. The molecule has 3 nitrogen and oxygen atoms in total. The summed E-state index contributed by atoms with van der Waals surface area (Å²) in [4.78, 5) is 2.44. The lowest BCUT2D eigenvalue weighted by molar-refractivity contribution is 0.117. The summed E-state index contributed by atoms with van der Waals surface area (Å²) >= 11 is 0. The SMILES string of the molecule is CNC(C)C(C)(C)CN(CCO)C1CC1. The summed E-state index contributed by atoms with van der Waals surface area (Å²) in [5, 5.41) is 12.4. The second-order valence-electron chi connectivity index (χ2n) is 5.42. The van der Waals surface area contributed by atoms with Crippen molar-refractivity contribution in [2.24, 2.45) is 5.41 Å². The molecule has 1 rings (SSSR count). The fraction of sp³-hybridized carbons (Fsp3) is 1.00. The van der Waals surface area contributed by atoms with Gasteiger partial charge in [-0.2, -0.15) is 0 Å². The van der Waals surface area contributed by atoms with E-state index in [-0.39, 0.29) is 12.0 Å². The molecule has 0 aromatic rings. The van der Waals surface area contributed by atoms with E-state index in [0.717, 1.165) is 19.1 Å². The maximum atomic E-state index is 9.05. The Morgan fingerprint density at radius 3 is 2.47 bits per heavy atom. The van der Waals surface area contributed by atoms with Crippen molar-refractivity contribution >= 4 is 0 Å². The molecule has 0 heterocycles. The van der Waals surface area contributed by atoms with Crippen LogP contribution in [0.15, 0.2) is 0 Å². The van der Waals surface area contributed by atoms with Gasteiger partial charge < -0.3 is 10.4 Å². The molecular formula is C12H26N2O. The molecule has 3 heteroatoms. The Morgan fingerprint density at radius 2 is 2.07 bits per heavy atom. The Labute approximate surface area is 93.9 Å². The van der Waals surface area contributed by atoms with Crippen LogP contribution < -0.4 is 5.32 Å².